The van der Waals surface area contributed by atoms with Gasteiger partial charge < -0.3 is 29.2 Å². The van der Waals surface area contributed by atoms with Crippen LogP contribution in [0.3, 0.4) is 0 Å². The molecule has 1 fully saturated rings. The summed E-state index contributed by atoms with van der Waals surface area (Å²) < 4.78 is 18.1. The second-order valence-corrected chi connectivity index (χ2v) is 8.92. The monoisotopic (exact) mass is 532 g/mol. The van der Waals surface area contributed by atoms with E-state index in [-0.39, 0.29) is 28.8 Å². The summed E-state index contributed by atoms with van der Waals surface area (Å²) in [6, 6.07) is 12.9. The first-order valence-corrected chi connectivity index (χ1v) is 11.9. The van der Waals surface area contributed by atoms with Crippen molar-refractivity contribution in [1.82, 2.24) is 24.9 Å². The predicted octanol–water partition coefficient (Wildman–Crippen LogP) is 3.73. The Labute approximate surface area is 222 Å². The van der Waals surface area contributed by atoms with Crippen LogP contribution >= 0.6 is 0 Å². The lowest BCUT2D eigenvalue weighted by atomic mass is 10.1. The van der Waals surface area contributed by atoms with Crippen LogP contribution in [-0.2, 0) is 4.79 Å². The quantitative estimate of drug-likeness (QED) is 0.359. The third-order valence-corrected chi connectivity index (χ3v) is 5.97. The van der Waals surface area contributed by atoms with E-state index in [9.17, 15) is 19.5 Å². The fraction of sp³-hybridized carbons (Fsp3) is 0.231. The van der Waals surface area contributed by atoms with E-state index in [1.165, 1.54) is 18.2 Å². The number of carbonyl (C=O) groups is 3. The summed E-state index contributed by atoms with van der Waals surface area (Å²) in [5, 5.41) is 23.5. The molecule has 2 N–H and O–H groups in total. The number of likely N-dealkylation sites (N-methyl/N-ethyl adjacent to an activating group) is 1. The third-order valence-electron chi connectivity index (χ3n) is 5.97. The molecule has 2 aromatic heterocycles. The Morgan fingerprint density at radius 3 is 2.41 bits per heavy atom. The lowest BCUT2D eigenvalue weighted by molar-refractivity contribution is -0.132. The van der Waals surface area contributed by atoms with E-state index in [2.05, 4.69) is 20.6 Å². The number of amides is 2. The molecule has 200 valence electrons. The Bertz CT molecular complexity index is 1560. The summed E-state index contributed by atoms with van der Waals surface area (Å²) in [4.78, 5) is 38.4. The van der Waals surface area contributed by atoms with Gasteiger partial charge in [-0.15, -0.1) is 15.3 Å². The van der Waals surface area contributed by atoms with Gasteiger partial charge in [0, 0.05) is 55.9 Å². The molecule has 0 aliphatic carbocycles. The van der Waals surface area contributed by atoms with E-state index < -0.39 is 18.1 Å². The van der Waals surface area contributed by atoms with E-state index in [1.54, 1.807) is 56.1 Å². The molecule has 0 saturated carbocycles. The van der Waals surface area contributed by atoms with Crippen LogP contribution in [0.2, 0.25) is 0 Å². The number of nitrogens with one attached hydrogen (secondary N) is 1. The maximum atomic E-state index is 13.1. The van der Waals surface area contributed by atoms with Gasteiger partial charge in [-0.25, -0.2) is 4.79 Å². The van der Waals surface area contributed by atoms with E-state index in [0.717, 1.165) is 4.68 Å². The highest BCUT2D eigenvalue weighted by atomic mass is 16.5. The van der Waals surface area contributed by atoms with Crippen LogP contribution in [-0.4, -0.2) is 67.6 Å². The Hall–Kier alpha value is -5.20. The molecule has 5 rings (SSSR count). The van der Waals surface area contributed by atoms with Crippen molar-refractivity contribution < 1.29 is 33.4 Å². The zero-order chi connectivity index (χ0) is 27.7. The zero-order valence-electron chi connectivity index (χ0n) is 21.2. The van der Waals surface area contributed by atoms with Gasteiger partial charge in [0.2, 0.25) is 11.8 Å². The van der Waals surface area contributed by atoms with E-state index in [1.807, 2.05) is 0 Å². The maximum absolute atomic E-state index is 13.1. The number of carbonyl (C=O) groups excluding carboxylic acids is 2. The van der Waals surface area contributed by atoms with Gasteiger partial charge in [-0.1, -0.05) is 0 Å². The Balaban J connectivity index is 1.41. The molecule has 0 bridgehead atoms. The van der Waals surface area contributed by atoms with Gasteiger partial charge in [-0.05, 0) is 43.3 Å². The second-order valence-electron chi connectivity index (χ2n) is 8.92. The van der Waals surface area contributed by atoms with Crippen molar-refractivity contribution in [2.45, 2.75) is 26.4 Å². The fourth-order valence-corrected chi connectivity index (χ4v) is 4.03. The van der Waals surface area contributed by atoms with Crippen molar-refractivity contribution in [2.24, 2.45) is 0 Å². The molecular weight excluding hydrogens is 508 g/mol. The molecule has 1 aliphatic rings. The average Bonchev–Trinajstić information content (AvgIpc) is 3.59. The highest BCUT2D eigenvalue weighted by Gasteiger charge is 2.31. The van der Waals surface area contributed by atoms with Gasteiger partial charge in [-0.2, -0.15) is 4.68 Å². The lowest BCUT2D eigenvalue weighted by Crippen LogP contribution is -2.29. The summed E-state index contributed by atoms with van der Waals surface area (Å²) in [5.41, 5.74) is 1.20. The highest BCUT2D eigenvalue weighted by Crippen LogP contribution is 2.31. The molecule has 2 amide bonds. The first-order valence-electron chi connectivity index (χ1n) is 11.9. The highest BCUT2D eigenvalue weighted by molar-refractivity contribution is 6.04. The number of carboxylic acid groups (broad SMARTS) is 1. The van der Waals surface area contributed by atoms with Gasteiger partial charge in [0.05, 0.1) is 0 Å². The standard InChI is InChI=1S/C26H24N6O7/c1-14-10-22(30-32(14)26(35)36)27-23(33)17-11-19(13-20(12-17)39-21-8-9-31(3)25(21)34)38-18-6-4-16(5-7-18)24-29-28-15(2)37-24/h4-7,10-13,21H,8-9H2,1-3H3,(H,35,36)(H,27,30,33). The predicted molar refractivity (Wildman–Crippen MR) is 136 cm³/mol. The third kappa shape index (κ3) is 5.56. The second kappa shape index (κ2) is 10.3. The van der Waals surface area contributed by atoms with Crippen LogP contribution in [0, 0.1) is 13.8 Å². The van der Waals surface area contributed by atoms with Crippen molar-refractivity contribution in [3.8, 4) is 28.7 Å². The number of ether oxygens (including phenoxy) is 2. The van der Waals surface area contributed by atoms with Crippen molar-refractivity contribution in [3.63, 3.8) is 0 Å². The number of hydrogen-bond donors (Lipinski definition) is 2. The molecule has 2 aromatic carbocycles. The number of benzene rings is 2. The normalized spacial score (nSPS) is 14.9. The number of rotatable bonds is 7. The van der Waals surface area contributed by atoms with Crippen LogP contribution in [0.15, 0.2) is 52.9 Å². The summed E-state index contributed by atoms with van der Waals surface area (Å²) >= 11 is 0. The topological polar surface area (TPSA) is 162 Å². The fourth-order valence-electron chi connectivity index (χ4n) is 4.03. The molecule has 39 heavy (non-hydrogen) atoms. The molecule has 13 nitrogen and oxygen atoms in total. The van der Waals surface area contributed by atoms with Gasteiger partial charge in [0.15, 0.2) is 11.9 Å². The van der Waals surface area contributed by atoms with Crippen LogP contribution < -0.4 is 14.8 Å². The number of anilines is 1. The minimum atomic E-state index is -1.27. The first-order chi connectivity index (χ1) is 18.7. The Morgan fingerprint density at radius 2 is 1.79 bits per heavy atom. The Kier molecular flexibility index (Phi) is 6.71. The van der Waals surface area contributed by atoms with Crippen molar-refractivity contribution in [3.05, 3.63) is 65.7 Å². The molecule has 0 radical (unpaired) electrons. The number of likely N-dealkylation sites (tertiary alicyclic amines) is 1. The van der Waals surface area contributed by atoms with Crippen LogP contribution in [0.4, 0.5) is 10.6 Å². The number of aromatic nitrogens is 4. The average molecular weight is 533 g/mol. The number of hydrogen-bond acceptors (Lipinski definition) is 9. The summed E-state index contributed by atoms with van der Waals surface area (Å²) in [5.74, 6) is 1.16. The van der Waals surface area contributed by atoms with E-state index in [0.29, 0.717) is 41.8 Å². The maximum Gasteiger partial charge on any atom is 0.432 e. The summed E-state index contributed by atoms with van der Waals surface area (Å²) in [6.45, 7) is 3.81. The van der Waals surface area contributed by atoms with Gasteiger partial charge in [0.25, 0.3) is 11.8 Å². The smallest absolute Gasteiger partial charge is 0.432 e. The molecule has 1 saturated heterocycles. The molecule has 1 aliphatic heterocycles. The van der Waals surface area contributed by atoms with Crippen molar-refractivity contribution in [1.29, 1.82) is 0 Å². The van der Waals surface area contributed by atoms with Crippen LogP contribution in [0.25, 0.3) is 11.5 Å². The van der Waals surface area contributed by atoms with Crippen molar-refractivity contribution in [2.75, 3.05) is 18.9 Å². The van der Waals surface area contributed by atoms with E-state index >= 15 is 0 Å². The molecule has 4 aromatic rings. The lowest BCUT2D eigenvalue weighted by Gasteiger charge is -2.15. The molecule has 1 atom stereocenters. The van der Waals surface area contributed by atoms with Crippen molar-refractivity contribution >= 4 is 23.7 Å². The summed E-state index contributed by atoms with van der Waals surface area (Å²) in [6.07, 6.45) is -1.46. The minimum absolute atomic E-state index is 0.0631. The zero-order valence-corrected chi connectivity index (χ0v) is 21.2. The minimum Gasteiger partial charge on any atom is -0.480 e. The van der Waals surface area contributed by atoms with Gasteiger partial charge in [0.1, 0.15) is 17.2 Å². The molecule has 3 heterocycles. The SMILES string of the molecule is Cc1nnc(-c2ccc(Oc3cc(OC4CCN(C)C4=O)cc(C(=O)Nc4cc(C)n(C(=O)O)n4)c3)cc2)o1. The molecular formula is C26H24N6O7. The van der Waals surface area contributed by atoms with Crippen LogP contribution in [0.1, 0.15) is 28.4 Å². The molecule has 1 unspecified atom stereocenters. The summed E-state index contributed by atoms with van der Waals surface area (Å²) in [7, 11) is 1.70. The molecule has 0 spiro atoms. The number of nitrogens with zero attached hydrogens (tertiary/aromatic N) is 5. The first kappa shape index (κ1) is 25.4. The van der Waals surface area contributed by atoms with Crippen LogP contribution in [0.5, 0.6) is 17.2 Å². The van der Waals surface area contributed by atoms with Gasteiger partial charge in [-0.3, -0.25) is 9.59 Å². The largest absolute Gasteiger partial charge is 0.480 e. The molecule has 13 heteroatoms. The van der Waals surface area contributed by atoms with E-state index in [4.69, 9.17) is 13.9 Å². The van der Waals surface area contributed by atoms with Gasteiger partial charge >= 0.3 is 6.09 Å². The Morgan fingerprint density at radius 1 is 1.05 bits per heavy atom. The number of aryl methyl sites for hydroxylation is 2.